The maximum atomic E-state index is 12.4. The van der Waals surface area contributed by atoms with Crippen molar-refractivity contribution in [3.8, 4) is 0 Å². The van der Waals surface area contributed by atoms with Crippen molar-refractivity contribution < 1.29 is 9.59 Å². The van der Waals surface area contributed by atoms with Crippen LogP contribution in [0.4, 0.5) is 0 Å². The van der Waals surface area contributed by atoms with Gasteiger partial charge in [-0.05, 0) is 42.7 Å². The molecule has 3 rings (SSSR count). The van der Waals surface area contributed by atoms with Crippen LogP contribution >= 0.6 is 0 Å². The van der Waals surface area contributed by atoms with E-state index in [-0.39, 0.29) is 17.1 Å². The highest BCUT2D eigenvalue weighted by Gasteiger charge is 2.16. The number of aromatic nitrogens is 2. The van der Waals surface area contributed by atoms with Gasteiger partial charge in [-0.2, -0.15) is 4.99 Å². The molecule has 0 aliphatic carbocycles. The average molecular weight is 391 g/mol. The maximum absolute atomic E-state index is 12.4. The summed E-state index contributed by atoms with van der Waals surface area (Å²) in [6.07, 6.45) is 0.449. The zero-order valence-electron chi connectivity index (χ0n) is 16.9. The van der Waals surface area contributed by atoms with E-state index in [2.05, 4.69) is 32.7 Å². The van der Waals surface area contributed by atoms with E-state index < -0.39 is 0 Å². The molecular weight excluding hydrogens is 366 g/mol. The van der Waals surface area contributed by atoms with E-state index in [4.69, 9.17) is 0 Å². The quantitative estimate of drug-likeness (QED) is 0.475. The predicted molar refractivity (Wildman–Crippen MR) is 112 cm³/mol. The second kappa shape index (κ2) is 9.25. The largest absolute Gasteiger partial charge is 0.354 e. The Morgan fingerprint density at radius 2 is 1.90 bits per heavy atom. The van der Waals surface area contributed by atoms with E-state index in [1.807, 2.05) is 48.7 Å². The molecule has 1 aromatic heterocycles. The fraction of sp³-hybridized carbons (Fsp3) is 0.273. The minimum Gasteiger partial charge on any atom is -0.354 e. The average Bonchev–Trinajstić information content (AvgIpc) is 2.73. The maximum Gasteiger partial charge on any atom is 0.273 e. The summed E-state index contributed by atoms with van der Waals surface area (Å²) < 4.78 is 1.88. The van der Waals surface area contributed by atoms with E-state index >= 15 is 0 Å². The van der Waals surface area contributed by atoms with Crippen molar-refractivity contribution in [3.63, 3.8) is 0 Å². The minimum atomic E-state index is -0.378. The van der Waals surface area contributed by atoms with Gasteiger partial charge in [0.05, 0.1) is 11.0 Å². The van der Waals surface area contributed by atoms with Crippen molar-refractivity contribution in [3.05, 3.63) is 70.3 Å². The molecule has 0 bridgehead atoms. The molecule has 0 atom stereocenters. The van der Waals surface area contributed by atoms with Crippen LogP contribution in [0.2, 0.25) is 0 Å². The van der Waals surface area contributed by atoms with Crippen molar-refractivity contribution in [1.82, 2.24) is 20.2 Å². The first-order chi connectivity index (χ1) is 14.0. The van der Waals surface area contributed by atoms with E-state index in [1.165, 1.54) is 12.6 Å². The first kappa shape index (κ1) is 20.4. The molecule has 0 saturated carbocycles. The minimum absolute atomic E-state index is 0.137. The molecule has 0 fully saturated rings. The van der Waals surface area contributed by atoms with Crippen LogP contribution in [0.3, 0.4) is 0 Å². The number of nitrogens with one attached hydrogen (secondary N) is 2. The van der Waals surface area contributed by atoms with Crippen LogP contribution in [0, 0.1) is 13.8 Å². The van der Waals surface area contributed by atoms with Gasteiger partial charge in [0, 0.05) is 26.7 Å². The molecule has 0 radical (unpaired) electrons. The SMILES string of the molecule is CNC(=O)c1nc2cc(C)c(C)cc2n(CCNCc2ccccc2)/c1=N/C=O. The van der Waals surface area contributed by atoms with Crippen LogP contribution in [0.25, 0.3) is 11.0 Å². The van der Waals surface area contributed by atoms with Gasteiger partial charge in [-0.1, -0.05) is 30.3 Å². The van der Waals surface area contributed by atoms with E-state index in [0.717, 1.165) is 23.2 Å². The fourth-order valence-electron chi connectivity index (χ4n) is 3.20. The molecule has 3 aromatic rings. The monoisotopic (exact) mass is 391 g/mol. The molecule has 0 aliphatic rings. The normalized spacial score (nSPS) is 11.6. The lowest BCUT2D eigenvalue weighted by molar-refractivity contribution is -0.107. The number of hydrogen-bond donors (Lipinski definition) is 2. The first-order valence-electron chi connectivity index (χ1n) is 9.51. The third-order valence-electron chi connectivity index (χ3n) is 4.88. The molecule has 0 aliphatic heterocycles. The number of amides is 2. The molecule has 0 unspecified atom stereocenters. The Balaban J connectivity index is 2.02. The Kier molecular flexibility index (Phi) is 6.51. The van der Waals surface area contributed by atoms with Crippen molar-refractivity contribution >= 4 is 23.4 Å². The fourth-order valence-corrected chi connectivity index (χ4v) is 3.20. The summed E-state index contributed by atoms with van der Waals surface area (Å²) in [7, 11) is 1.53. The van der Waals surface area contributed by atoms with Crippen LogP contribution < -0.4 is 16.1 Å². The molecule has 0 spiro atoms. The van der Waals surface area contributed by atoms with Gasteiger partial charge in [-0.25, -0.2) is 4.98 Å². The van der Waals surface area contributed by atoms with E-state index in [0.29, 0.717) is 25.0 Å². The summed E-state index contributed by atoms with van der Waals surface area (Å²) in [4.78, 5) is 32.0. The van der Waals surface area contributed by atoms with Crippen molar-refractivity contribution in [2.75, 3.05) is 13.6 Å². The molecule has 29 heavy (non-hydrogen) atoms. The first-order valence-corrected chi connectivity index (χ1v) is 9.51. The van der Waals surface area contributed by atoms with Crippen molar-refractivity contribution in [2.24, 2.45) is 4.99 Å². The van der Waals surface area contributed by atoms with Gasteiger partial charge in [0.1, 0.15) is 0 Å². The Labute approximate surface area is 169 Å². The van der Waals surface area contributed by atoms with Crippen LogP contribution in [-0.2, 0) is 17.9 Å². The summed E-state index contributed by atoms with van der Waals surface area (Å²) in [5, 5.41) is 5.98. The Bertz CT molecular complexity index is 1100. The smallest absolute Gasteiger partial charge is 0.273 e. The lowest BCUT2D eigenvalue weighted by atomic mass is 10.1. The van der Waals surface area contributed by atoms with Gasteiger partial charge in [0.15, 0.2) is 11.2 Å². The highest BCUT2D eigenvalue weighted by Crippen LogP contribution is 2.17. The number of fused-ring (bicyclic) bond motifs is 1. The third kappa shape index (κ3) is 4.57. The van der Waals surface area contributed by atoms with Gasteiger partial charge >= 0.3 is 0 Å². The van der Waals surface area contributed by atoms with E-state index in [1.54, 1.807) is 0 Å². The van der Waals surface area contributed by atoms with Crippen LogP contribution in [0.15, 0.2) is 47.5 Å². The molecular formula is C22H25N5O2. The lowest BCUT2D eigenvalue weighted by Gasteiger charge is -2.16. The topological polar surface area (TPSA) is 88.4 Å². The zero-order chi connectivity index (χ0) is 20.8. The second-order valence-corrected chi connectivity index (χ2v) is 6.84. The zero-order valence-corrected chi connectivity index (χ0v) is 16.9. The van der Waals surface area contributed by atoms with Gasteiger partial charge < -0.3 is 15.2 Å². The summed E-state index contributed by atoms with van der Waals surface area (Å²) in [5.41, 5.74) is 5.31. The Hall–Kier alpha value is -3.32. The summed E-state index contributed by atoms with van der Waals surface area (Å²) >= 11 is 0. The van der Waals surface area contributed by atoms with Gasteiger partial charge in [0.25, 0.3) is 5.91 Å². The van der Waals surface area contributed by atoms with Gasteiger partial charge in [-0.3, -0.25) is 9.59 Å². The molecule has 7 nitrogen and oxygen atoms in total. The molecule has 150 valence electrons. The second-order valence-electron chi connectivity index (χ2n) is 6.84. The van der Waals surface area contributed by atoms with Crippen molar-refractivity contribution in [2.45, 2.75) is 26.9 Å². The third-order valence-corrected chi connectivity index (χ3v) is 4.88. The standard InChI is InChI=1S/C22H25N5O2/c1-15-11-18-19(12-16(15)2)27(10-9-24-13-17-7-5-4-6-8-17)21(25-14-28)20(26-18)22(29)23-3/h4-8,11-12,14,24H,9-10,13H2,1-3H3,(H,23,29)/b25-21+. The number of benzene rings is 2. The Morgan fingerprint density at radius 3 is 2.59 bits per heavy atom. The number of rotatable bonds is 7. The number of carbonyl (C=O) groups excluding carboxylic acids is 2. The summed E-state index contributed by atoms with van der Waals surface area (Å²) in [6.45, 7) is 5.93. The van der Waals surface area contributed by atoms with Crippen LogP contribution in [0.1, 0.15) is 27.2 Å². The van der Waals surface area contributed by atoms with E-state index in [9.17, 15) is 9.59 Å². The van der Waals surface area contributed by atoms with Gasteiger partial charge in [-0.15, -0.1) is 0 Å². The number of hydrogen-bond acceptors (Lipinski definition) is 4. The van der Waals surface area contributed by atoms with Crippen LogP contribution in [-0.4, -0.2) is 35.5 Å². The highest BCUT2D eigenvalue weighted by molar-refractivity contribution is 5.93. The summed E-state index contributed by atoms with van der Waals surface area (Å²) in [5.74, 6) is -0.378. The highest BCUT2D eigenvalue weighted by atomic mass is 16.2. The predicted octanol–water partition coefficient (Wildman–Crippen LogP) is 1.86. The molecule has 2 N–H and O–H groups in total. The number of aryl methyl sites for hydroxylation is 2. The van der Waals surface area contributed by atoms with Gasteiger partial charge in [0.2, 0.25) is 6.41 Å². The van der Waals surface area contributed by atoms with Crippen LogP contribution in [0.5, 0.6) is 0 Å². The summed E-state index contributed by atoms with van der Waals surface area (Å²) in [6, 6.07) is 14.1. The Morgan fingerprint density at radius 1 is 1.17 bits per heavy atom. The molecule has 2 amide bonds. The molecule has 2 aromatic carbocycles. The number of nitrogens with zero attached hydrogens (tertiary/aromatic N) is 3. The molecule has 7 heteroatoms. The molecule has 0 saturated heterocycles. The number of carbonyl (C=O) groups is 2. The molecule has 1 heterocycles. The van der Waals surface area contributed by atoms with Crippen molar-refractivity contribution in [1.29, 1.82) is 0 Å². The lowest BCUT2D eigenvalue weighted by Crippen LogP contribution is -2.36.